The summed E-state index contributed by atoms with van der Waals surface area (Å²) < 4.78 is 1.76. The fourth-order valence-corrected chi connectivity index (χ4v) is 1.85. The molecule has 8 heteroatoms. The lowest BCUT2D eigenvalue weighted by molar-refractivity contribution is 0.608. The van der Waals surface area contributed by atoms with Crippen LogP contribution in [-0.2, 0) is 13.0 Å². The molecule has 0 aromatic carbocycles. The molecule has 8 nitrogen and oxygen atoms in total. The zero-order valence-electron chi connectivity index (χ0n) is 11.8. The van der Waals surface area contributed by atoms with Crippen molar-refractivity contribution in [1.82, 2.24) is 25.0 Å². The molecular weight excluding hydrogens is 256 g/mol. The molecule has 20 heavy (non-hydrogen) atoms. The Kier molecular flexibility index (Phi) is 4.83. The third-order valence-electron chi connectivity index (χ3n) is 2.91. The number of aryl methyl sites for hydroxylation is 1. The van der Waals surface area contributed by atoms with Crippen LogP contribution in [0.15, 0.2) is 12.4 Å². The predicted molar refractivity (Wildman–Crippen MR) is 77.1 cm³/mol. The number of hydrogen-bond donors (Lipinski definition) is 3. The molecule has 0 amide bonds. The zero-order chi connectivity index (χ0) is 14.4. The van der Waals surface area contributed by atoms with Gasteiger partial charge in [0.15, 0.2) is 0 Å². The largest absolute Gasteiger partial charge is 0.368 e. The molecule has 0 saturated carbocycles. The third-order valence-corrected chi connectivity index (χ3v) is 2.91. The number of hydrazine groups is 1. The fourth-order valence-electron chi connectivity index (χ4n) is 1.85. The maximum Gasteiger partial charge on any atom is 0.148 e. The summed E-state index contributed by atoms with van der Waals surface area (Å²) in [7, 11) is 0. The first-order valence-electron chi connectivity index (χ1n) is 6.66. The minimum atomic E-state index is 0.659. The van der Waals surface area contributed by atoms with E-state index in [1.54, 1.807) is 10.9 Å². The van der Waals surface area contributed by atoms with Crippen LogP contribution < -0.4 is 16.6 Å². The third kappa shape index (κ3) is 3.41. The summed E-state index contributed by atoms with van der Waals surface area (Å²) in [6, 6.07) is 0. The van der Waals surface area contributed by atoms with Crippen LogP contribution in [0.4, 0.5) is 11.6 Å². The molecule has 2 rings (SSSR count). The van der Waals surface area contributed by atoms with Gasteiger partial charge in [0.05, 0.1) is 12.7 Å². The van der Waals surface area contributed by atoms with E-state index in [1.807, 2.05) is 13.1 Å². The van der Waals surface area contributed by atoms with Crippen LogP contribution >= 0.6 is 0 Å². The molecule has 0 bridgehead atoms. The molecule has 0 fully saturated rings. The second kappa shape index (κ2) is 6.80. The monoisotopic (exact) mass is 276 g/mol. The smallest absolute Gasteiger partial charge is 0.148 e. The van der Waals surface area contributed by atoms with Crippen LogP contribution in [0.2, 0.25) is 0 Å². The van der Waals surface area contributed by atoms with Gasteiger partial charge in [0, 0.05) is 24.7 Å². The van der Waals surface area contributed by atoms with Gasteiger partial charge >= 0.3 is 0 Å². The average Bonchev–Trinajstić information content (AvgIpc) is 2.95. The van der Waals surface area contributed by atoms with Crippen LogP contribution in [0.5, 0.6) is 0 Å². The van der Waals surface area contributed by atoms with Crippen molar-refractivity contribution in [3.05, 3.63) is 23.8 Å². The fraction of sp³-hybridized carbons (Fsp3) is 0.500. The molecule has 0 aliphatic carbocycles. The minimum Gasteiger partial charge on any atom is -0.368 e. The van der Waals surface area contributed by atoms with Gasteiger partial charge in [-0.25, -0.2) is 15.8 Å². The van der Waals surface area contributed by atoms with Crippen molar-refractivity contribution in [1.29, 1.82) is 0 Å². The molecule has 2 aromatic heterocycles. The Morgan fingerprint density at radius 2 is 2.10 bits per heavy atom. The Bertz CT molecular complexity index is 537. The lowest BCUT2D eigenvalue weighted by Crippen LogP contribution is -2.17. The van der Waals surface area contributed by atoms with E-state index in [2.05, 4.69) is 37.9 Å². The van der Waals surface area contributed by atoms with E-state index >= 15 is 0 Å². The highest BCUT2D eigenvalue weighted by atomic mass is 15.4. The average molecular weight is 276 g/mol. The van der Waals surface area contributed by atoms with Crippen molar-refractivity contribution >= 4 is 11.6 Å². The van der Waals surface area contributed by atoms with E-state index in [4.69, 9.17) is 5.84 Å². The number of hydrogen-bond acceptors (Lipinski definition) is 7. The summed E-state index contributed by atoms with van der Waals surface area (Å²) in [5.74, 6) is 7.75. The Morgan fingerprint density at radius 3 is 2.75 bits per heavy atom. The summed E-state index contributed by atoms with van der Waals surface area (Å²) in [6.45, 7) is 5.45. The second-order valence-electron chi connectivity index (χ2n) is 4.45. The van der Waals surface area contributed by atoms with Gasteiger partial charge in [-0.2, -0.15) is 0 Å². The van der Waals surface area contributed by atoms with Crippen molar-refractivity contribution in [3.63, 3.8) is 0 Å². The molecule has 108 valence electrons. The van der Waals surface area contributed by atoms with E-state index in [1.165, 1.54) is 0 Å². The van der Waals surface area contributed by atoms with Crippen LogP contribution in [0.1, 0.15) is 24.7 Å². The Hall–Kier alpha value is -2.22. The number of nitrogens with one attached hydrogen (secondary N) is 2. The van der Waals surface area contributed by atoms with Gasteiger partial charge in [0.2, 0.25) is 0 Å². The van der Waals surface area contributed by atoms with E-state index in [0.717, 1.165) is 36.6 Å². The lowest BCUT2D eigenvalue weighted by atomic mass is 10.2. The van der Waals surface area contributed by atoms with Crippen molar-refractivity contribution < 1.29 is 0 Å². The first-order chi connectivity index (χ1) is 9.74. The number of nitrogens with two attached hydrogens (primary N) is 1. The van der Waals surface area contributed by atoms with E-state index in [0.29, 0.717) is 12.4 Å². The van der Waals surface area contributed by atoms with Crippen molar-refractivity contribution in [3.8, 4) is 0 Å². The Balaban J connectivity index is 2.06. The lowest BCUT2D eigenvalue weighted by Gasteiger charge is -2.13. The van der Waals surface area contributed by atoms with Crippen molar-refractivity contribution in [2.24, 2.45) is 5.84 Å². The molecule has 0 aliphatic heterocycles. The topological polar surface area (TPSA) is 107 Å². The summed E-state index contributed by atoms with van der Waals surface area (Å²) in [5.41, 5.74) is 3.53. The van der Waals surface area contributed by atoms with E-state index in [-0.39, 0.29) is 0 Å². The van der Waals surface area contributed by atoms with Crippen molar-refractivity contribution in [2.45, 2.75) is 33.2 Å². The summed E-state index contributed by atoms with van der Waals surface area (Å²) in [5, 5.41) is 11.0. The Morgan fingerprint density at radius 1 is 1.30 bits per heavy atom. The number of rotatable bonds is 7. The van der Waals surface area contributed by atoms with Gasteiger partial charge in [-0.05, 0) is 13.3 Å². The second-order valence-corrected chi connectivity index (χ2v) is 4.45. The van der Waals surface area contributed by atoms with Gasteiger partial charge in [-0.1, -0.05) is 12.1 Å². The van der Waals surface area contributed by atoms with Gasteiger partial charge in [-0.3, -0.25) is 4.68 Å². The normalized spacial score (nSPS) is 10.6. The molecule has 0 saturated heterocycles. The Labute approximate surface area is 117 Å². The summed E-state index contributed by atoms with van der Waals surface area (Å²) >= 11 is 0. The maximum absolute atomic E-state index is 5.50. The predicted octanol–water partition coefficient (Wildman–Crippen LogP) is 0.727. The molecule has 0 spiro atoms. The van der Waals surface area contributed by atoms with Gasteiger partial charge in [-0.15, -0.1) is 5.10 Å². The molecule has 2 heterocycles. The number of nitrogen functional groups attached to an aromatic ring is 1. The number of aromatic nitrogens is 5. The minimum absolute atomic E-state index is 0.659. The number of nitrogens with zero attached hydrogens (tertiary/aromatic N) is 5. The first kappa shape index (κ1) is 14.2. The zero-order valence-corrected chi connectivity index (χ0v) is 11.8. The SMILES string of the molecule is CCCc1nc(NN)c(C)c(NCCn2ccnn2)n1. The van der Waals surface area contributed by atoms with Crippen LogP contribution in [0, 0.1) is 6.92 Å². The highest BCUT2D eigenvalue weighted by Gasteiger charge is 2.09. The maximum atomic E-state index is 5.50. The highest BCUT2D eigenvalue weighted by molar-refractivity contribution is 5.56. The first-order valence-corrected chi connectivity index (χ1v) is 6.66. The molecular formula is C12H20N8. The summed E-state index contributed by atoms with van der Waals surface area (Å²) in [4.78, 5) is 8.91. The van der Waals surface area contributed by atoms with Crippen molar-refractivity contribution in [2.75, 3.05) is 17.3 Å². The van der Waals surface area contributed by atoms with E-state index < -0.39 is 0 Å². The van der Waals surface area contributed by atoms with Crippen LogP contribution in [0.25, 0.3) is 0 Å². The van der Waals surface area contributed by atoms with Crippen LogP contribution in [-0.4, -0.2) is 31.5 Å². The molecule has 0 aliphatic rings. The van der Waals surface area contributed by atoms with Gasteiger partial charge in [0.25, 0.3) is 0 Å². The molecule has 0 unspecified atom stereocenters. The summed E-state index contributed by atoms with van der Waals surface area (Å²) in [6.07, 6.45) is 5.30. The van der Waals surface area contributed by atoms with Crippen LogP contribution in [0.3, 0.4) is 0 Å². The molecule has 0 radical (unpaired) electrons. The number of anilines is 2. The quantitative estimate of drug-likeness (QED) is 0.505. The molecule has 2 aromatic rings. The van der Waals surface area contributed by atoms with Gasteiger partial charge < -0.3 is 10.7 Å². The molecule has 4 N–H and O–H groups in total. The molecule has 0 atom stereocenters. The van der Waals surface area contributed by atoms with Gasteiger partial charge in [0.1, 0.15) is 17.5 Å². The van der Waals surface area contributed by atoms with E-state index in [9.17, 15) is 0 Å². The standard InChI is InChI=1S/C12H20N8/c1-3-4-10-16-11(9(2)12(17-10)18-13)14-5-7-20-8-6-15-19-20/h6,8H,3-5,7,13H2,1-2H3,(H2,14,16,17,18). The highest BCUT2D eigenvalue weighted by Crippen LogP contribution is 2.19.